The number of rotatable bonds is 12. The van der Waals surface area contributed by atoms with Crippen molar-refractivity contribution in [3.05, 3.63) is 89.1 Å². The van der Waals surface area contributed by atoms with Gasteiger partial charge in [0.1, 0.15) is 11.6 Å². The van der Waals surface area contributed by atoms with Crippen LogP contribution in [0.25, 0.3) is 0 Å². The first-order chi connectivity index (χ1) is 15.9. The fourth-order valence-electron chi connectivity index (χ4n) is 3.78. The van der Waals surface area contributed by atoms with Gasteiger partial charge in [-0.15, -0.1) is 0 Å². The lowest BCUT2D eigenvalue weighted by Gasteiger charge is -2.14. The number of aromatic nitrogens is 1. The molecule has 0 radical (unpaired) electrons. The third kappa shape index (κ3) is 7.92. The van der Waals surface area contributed by atoms with Gasteiger partial charge in [0.2, 0.25) is 0 Å². The highest BCUT2D eigenvalue weighted by molar-refractivity contribution is 7.59. The Labute approximate surface area is 207 Å². The van der Waals surface area contributed by atoms with Crippen molar-refractivity contribution in [3.8, 4) is 5.75 Å². The third-order valence-corrected chi connectivity index (χ3v) is 5.51. The van der Waals surface area contributed by atoms with E-state index in [9.17, 15) is 14.7 Å². The van der Waals surface area contributed by atoms with E-state index in [1.54, 1.807) is 6.20 Å². The van der Waals surface area contributed by atoms with Crippen LogP contribution in [0.4, 0.5) is 5.82 Å². The summed E-state index contributed by atoms with van der Waals surface area (Å²) in [6, 6.07) is 18.8. The van der Waals surface area contributed by atoms with Gasteiger partial charge in [0.25, 0.3) is 0 Å². The number of carboxylic acid groups (broad SMARTS) is 1. The van der Waals surface area contributed by atoms with E-state index in [0.29, 0.717) is 18.6 Å². The summed E-state index contributed by atoms with van der Waals surface area (Å²) in [6.07, 6.45) is 2.83. The highest BCUT2D eigenvalue weighted by atomic mass is 32.1. The van der Waals surface area contributed by atoms with Crippen LogP contribution in [0.2, 0.25) is 0 Å². The zero-order valence-corrected chi connectivity index (χ0v) is 20.6. The van der Waals surface area contributed by atoms with Gasteiger partial charge in [-0.05, 0) is 67.6 Å². The van der Waals surface area contributed by atoms with Crippen LogP contribution in [-0.2, 0) is 11.2 Å². The number of benzene rings is 2. The first-order valence-electron chi connectivity index (χ1n) is 11.1. The van der Waals surface area contributed by atoms with Gasteiger partial charge < -0.3 is 15.2 Å². The van der Waals surface area contributed by atoms with Gasteiger partial charge in [-0.2, -0.15) is 13.5 Å². The number of carboxylic acids is 1. The first kappa shape index (κ1) is 26.9. The number of anilines is 1. The Bertz CT molecular complexity index is 1050. The van der Waals surface area contributed by atoms with E-state index in [1.807, 2.05) is 74.5 Å². The van der Waals surface area contributed by atoms with Gasteiger partial charge in [-0.3, -0.25) is 9.59 Å². The van der Waals surface area contributed by atoms with Crippen molar-refractivity contribution in [2.24, 2.45) is 5.92 Å². The third-order valence-electron chi connectivity index (χ3n) is 5.51. The zero-order valence-electron chi connectivity index (χ0n) is 19.6. The van der Waals surface area contributed by atoms with Crippen LogP contribution in [0.15, 0.2) is 66.9 Å². The summed E-state index contributed by atoms with van der Waals surface area (Å²) in [7, 11) is 0. The van der Waals surface area contributed by atoms with Gasteiger partial charge in [0.15, 0.2) is 5.78 Å². The fraction of sp³-hybridized carbons (Fsp3) is 0.296. The van der Waals surface area contributed by atoms with Crippen molar-refractivity contribution >= 4 is 31.1 Å². The van der Waals surface area contributed by atoms with Gasteiger partial charge in [-0.1, -0.05) is 36.4 Å². The molecule has 1 heterocycles. The Morgan fingerprint density at radius 2 is 1.71 bits per heavy atom. The average molecular weight is 481 g/mol. The van der Waals surface area contributed by atoms with E-state index in [1.165, 1.54) is 0 Å². The highest BCUT2D eigenvalue weighted by Gasteiger charge is 2.24. The number of nitrogens with zero attached hydrogens (tertiary/aromatic N) is 1. The number of nitrogens with one attached hydrogen (secondary N) is 1. The summed E-state index contributed by atoms with van der Waals surface area (Å²) in [4.78, 5) is 28.8. The number of aliphatic carboxylic acids is 1. The standard InChI is InChI=1S/C27H30N2O4.H2S/c1-19-7-5-8-20(2)26(19)24(30)18-22(27(31)32)17-21-10-12-23(13-11-21)33-16-6-15-29-25-9-3-4-14-28-25;/h3-5,7-14,22H,6,15-18H2,1-2H3,(H,28,29)(H,31,32);1H2. The van der Waals surface area contributed by atoms with Gasteiger partial charge in [0, 0.05) is 24.7 Å². The second kappa shape index (κ2) is 13.4. The molecule has 0 bridgehead atoms. The summed E-state index contributed by atoms with van der Waals surface area (Å²) in [5.41, 5.74) is 3.24. The Kier molecular flexibility index (Phi) is 10.6. The van der Waals surface area contributed by atoms with Gasteiger partial charge in [0.05, 0.1) is 12.5 Å². The van der Waals surface area contributed by atoms with Crippen LogP contribution in [-0.4, -0.2) is 35.0 Å². The molecule has 0 fully saturated rings. The Hall–Kier alpha value is -3.32. The molecule has 3 rings (SSSR count). The van der Waals surface area contributed by atoms with E-state index < -0.39 is 11.9 Å². The van der Waals surface area contributed by atoms with E-state index in [4.69, 9.17) is 4.74 Å². The molecule has 0 aliphatic rings. The SMILES string of the molecule is Cc1cccc(C)c1C(=O)CC(Cc1ccc(OCCCNc2ccccn2)cc1)C(=O)O.S. The normalized spacial score (nSPS) is 11.2. The first-order valence-corrected chi connectivity index (χ1v) is 11.1. The lowest BCUT2D eigenvalue weighted by atomic mass is 9.89. The molecular weight excluding hydrogens is 448 g/mol. The van der Waals surface area contributed by atoms with Crippen molar-refractivity contribution in [3.63, 3.8) is 0 Å². The zero-order chi connectivity index (χ0) is 23.6. The maximum atomic E-state index is 12.8. The van der Waals surface area contributed by atoms with Gasteiger partial charge >= 0.3 is 5.97 Å². The molecule has 7 heteroatoms. The lowest BCUT2D eigenvalue weighted by molar-refractivity contribution is -0.141. The largest absolute Gasteiger partial charge is 0.494 e. The number of ether oxygens (including phenoxy) is 1. The molecule has 0 aliphatic carbocycles. The monoisotopic (exact) mass is 480 g/mol. The van der Waals surface area contributed by atoms with Crippen LogP contribution in [0.1, 0.15) is 39.9 Å². The minimum atomic E-state index is -0.963. The molecule has 2 aromatic carbocycles. The Morgan fingerprint density at radius 3 is 2.32 bits per heavy atom. The number of carbonyl (C=O) groups excluding carboxylic acids is 1. The number of hydrogen-bond donors (Lipinski definition) is 2. The highest BCUT2D eigenvalue weighted by Crippen LogP contribution is 2.22. The quantitative estimate of drug-likeness (QED) is 0.273. The molecule has 1 unspecified atom stereocenters. The maximum absolute atomic E-state index is 12.8. The minimum absolute atomic E-state index is 0. The predicted molar refractivity (Wildman–Crippen MR) is 139 cm³/mol. The molecule has 2 N–H and O–H groups in total. The Balaban J connectivity index is 0.00000408. The molecule has 0 spiro atoms. The molecule has 0 saturated carbocycles. The Morgan fingerprint density at radius 1 is 1.00 bits per heavy atom. The van der Waals surface area contributed by atoms with Crippen molar-refractivity contribution in [2.45, 2.75) is 33.1 Å². The van der Waals surface area contributed by atoms with Crippen LogP contribution >= 0.6 is 13.5 Å². The van der Waals surface area contributed by atoms with Crippen molar-refractivity contribution in [1.29, 1.82) is 0 Å². The van der Waals surface area contributed by atoms with Crippen molar-refractivity contribution in [1.82, 2.24) is 4.98 Å². The van der Waals surface area contributed by atoms with Crippen LogP contribution in [0.3, 0.4) is 0 Å². The lowest BCUT2D eigenvalue weighted by Crippen LogP contribution is -2.21. The number of hydrogen-bond acceptors (Lipinski definition) is 5. The number of Topliss-reactive ketones (excluding diaryl/α,β-unsaturated/α-hetero) is 1. The molecule has 0 aliphatic heterocycles. The summed E-state index contributed by atoms with van der Waals surface area (Å²) in [6.45, 7) is 5.07. The fourth-order valence-corrected chi connectivity index (χ4v) is 3.78. The van der Waals surface area contributed by atoms with E-state index in [2.05, 4.69) is 10.3 Å². The molecule has 180 valence electrons. The summed E-state index contributed by atoms with van der Waals surface area (Å²) in [5, 5.41) is 12.9. The van der Waals surface area contributed by atoms with E-state index >= 15 is 0 Å². The number of ketones is 1. The molecule has 0 amide bonds. The number of pyridine rings is 1. The topological polar surface area (TPSA) is 88.5 Å². The molecule has 6 nitrogen and oxygen atoms in total. The molecule has 1 aromatic heterocycles. The number of carbonyl (C=O) groups is 2. The average Bonchev–Trinajstić information content (AvgIpc) is 2.80. The summed E-state index contributed by atoms with van der Waals surface area (Å²) in [5.74, 6) is -0.297. The second-order valence-corrected chi connectivity index (χ2v) is 8.12. The smallest absolute Gasteiger partial charge is 0.307 e. The van der Waals surface area contributed by atoms with Crippen LogP contribution < -0.4 is 10.1 Å². The molecule has 0 saturated heterocycles. The molecule has 3 aromatic rings. The van der Waals surface area contributed by atoms with Crippen LogP contribution in [0.5, 0.6) is 5.75 Å². The molecular formula is C27H32N2O4S. The van der Waals surface area contributed by atoms with E-state index in [0.717, 1.165) is 41.2 Å². The molecule has 1 atom stereocenters. The van der Waals surface area contributed by atoms with E-state index in [-0.39, 0.29) is 25.7 Å². The second-order valence-electron chi connectivity index (χ2n) is 8.12. The summed E-state index contributed by atoms with van der Waals surface area (Å²) < 4.78 is 5.77. The summed E-state index contributed by atoms with van der Waals surface area (Å²) >= 11 is 0. The van der Waals surface area contributed by atoms with Crippen molar-refractivity contribution in [2.75, 3.05) is 18.5 Å². The maximum Gasteiger partial charge on any atom is 0.307 e. The number of aryl methyl sites for hydroxylation is 2. The molecule has 34 heavy (non-hydrogen) atoms. The minimum Gasteiger partial charge on any atom is -0.494 e. The van der Waals surface area contributed by atoms with Crippen LogP contribution in [0, 0.1) is 19.8 Å². The van der Waals surface area contributed by atoms with Crippen molar-refractivity contribution < 1.29 is 19.4 Å². The predicted octanol–water partition coefficient (Wildman–Crippen LogP) is 5.21. The van der Waals surface area contributed by atoms with Gasteiger partial charge in [-0.25, -0.2) is 4.98 Å².